The summed E-state index contributed by atoms with van der Waals surface area (Å²) in [5.74, 6) is -0.160. The quantitative estimate of drug-likeness (QED) is 0.685. The van der Waals surface area contributed by atoms with E-state index in [-0.39, 0.29) is 17.8 Å². The molecule has 3 fully saturated rings. The molecule has 8 nitrogen and oxygen atoms in total. The Balaban J connectivity index is 1.40. The molecule has 24 heavy (non-hydrogen) atoms. The van der Waals surface area contributed by atoms with E-state index in [1.165, 1.54) is 4.90 Å². The summed E-state index contributed by atoms with van der Waals surface area (Å²) in [5.41, 5.74) is 2.25. The molecule has 2 saturated heterocycles. The molecule has 0 radical (unpaired) electrons. The van der Waals surface area contributed by atoms with Crippen LogP contribution in [0.15, 0.2) is 0 Å². The highest BCUT2D eigenvalue weighted by Gasteiger charge is 2.52. The van der Waals surface area contributed by atoms with E-state index in [4.69, 9.17) is 0 Å². The first-order valence-electron chi connectivity index (χ1n) is 8.87. The maximum absolute atomic E-state index is 12.5. The normalized spacial score (nSPS) is 24.6. The van der Waals surface area contributed by atoms with Crippen molar-refractivity contribution in [3.63, 3.8) is 0 Å². The Morgan fingerprint density at radius 2 is 1.83 bits per heavy atom. The van der Waals surface area contributed by atoms with E-state index >= 15 is 0 Å². The van der Waals surface area contributed by atoms with Crippen LogP contribution in [0.2, 0.25) is 0 Å². The lowest BCUT2D eigenvalue weighted by Crippen LogP contribution is -2.52. The monoisotopic (exact) mass is 337 g/mol. The zero-order chi connectivity index (χ0) is 17.2. The number of likely N-dealkylation sites (N-methyl/N-ethyl adjacent to an activating group) is 1. The first-order valence-corrected chi connectivity index (χ1v) is 8.87. The second-order valence-corrected chi connectivity index (χ2v) is 7.11. The van der Waals surface area contributed by atoms with E-state index < -0.39 is 5.54 Å². The van der Waals surface area contributed by atoms with Gasteiger partial charge in [-0.25, -0.2) is 9.80 Å². The molecule has 1 spiro atoms. The number of urea groups is 1. The highest BCUT2D eigenvalue weighted by Crippen LogP contribution is 2.35. The first kappa shape index (κ1) is 17.2. The van der Waals surface area contributed by atoms with Gasteiger partial charge in [-0.15, -0.1) is 0 Å². The molecule has 3 rings (SSSR count). The van der Waals surface area contributed by atoms with Crippen LogP contribution in [-0.4, -0.2) is 78.0 Å². The number of piperazine rings is 1. The summed E-state index contributed by atoms with van der Waals surface area (Å²) >= 11 is 0. The highest BCUT2D eigenvalue weighted by atomic mass is 16.2. The largest absolute Gasteiger partial charge is 0.325 e. The summed E-state index contributed by atoms with van der Waals surface area (Å²) in [7, 11) is 2.06. The summed E-state index contributed by atoms with van der Waals surface area (Å²) in [6.45, 7) is 3.81. The van der Waals surface area contributed by atoms with Crippen molar-refractivity contribution in [3.8, 4) is 0 Å². The molecule has 2 aliphatic heterocycles. The molecule has 0 aromatic carbocycles. The molecule has 4 amide bonds. The van der Waals surface area contributed by atoms with Crippen molar-refractivity contribution in [1.82, 2.24) is 25.6 Å². The summed E-state index contributed by atoms with van der Waals surface area (Å²) in [4.78, 5) is 40.1. The Labute approximate surface area is 142 Å². The molecule has 1 aliphatic carbocycles. The third-order valence-corrected chi connectivity index (χ3v) is 5.27. The maximum atomic E-state index is 12.5. The van der Waals surface area contributed by atoms with Crippen molar-refractivity contribution in [2.45, 2.75) is 44.1 Å². The average Bonchev–Trinajstić information content (AvgIpc) is 3.10. The molecule has 8 heteroatoms. The zero-order valence-electron chi connectivity index (χ0n) is 14.3. The number of nitrogens with zero attached hydrogens (tertiary/aromatic N) is 3. The SMILES string of the molecule is CN1CCN(NC(=O)CCCN2C(=O)NC3(CCCC3)C2=O)CC1. The molecular weight excluding hydrogens is 310 g/mol. The topological polar surface area (TPSA) is 85.0 Å². The molecule has 2 heterocycles. The number of hydrazine groups is 1. The van der Waals surface area contributed by atoms with Crippen LogP contribution in [0.5, 0.6) is 0 Å². The number of carbonyl (C=O) groups excluding carboxylic acids is 3. The van der Waals surface area contributed by atoms with Gasteiger partial charge in [0.15, 0.2) is 0 Å². The van der Waals surface area contributed by atoms with Crippen LogP contribution in [0.4, 0.5) is 4.79 Å². The first-order chi connectivity index (χ1) is 11.5. The van der Waals surface area contributed by atoms with Crippen LogP contribution >= 0.6 is 0 Å². The van der Waals surface area contributed by atoms with Crippen molar-refractivity contribution in [3.05, 3.63) is 0 Å². The third-order valence-electron chi connectivity index (χ3n) is 5.27. The van der Waals surface area contributed by atoms with Gasteiger partial charge < -0.3 is 10.2 Å². The lowest BCUT2D eigenvalue weighted by Gasteiger charge is -2.32. The van der Waals surface area contributed by atoms with E-state index in [1.54, 1.807) is 0 Å². The minimum absolute atomic E-state index is 0.0535. The van der Waals surface area contributed by atoms with Crippen molar-refractivity contribution in [2.24, 2.45) is 0 Å². The van der Waals surface area contributed by atoms with E-state index in [9.17, 15) is 14.4 Å². The van der Waals surface area contributed by atoms with Crippen LogP contribution in [0, 0.1) is 0 Å². The lowest BCUT2D eigenvalue weighted by molar-refractivity contribution is -0.132. The molecule has 3 aliphatic rings. The Bertz CT molecular complexity index is 510. The molecule has 0 aromatic rings. The second kappa shape index (κ2) is 7.06. The fourth-order valence-corrected chi connectivity index (χ4v) is 3.74. The van der Waals surface area contributed by atoms with E-state index in [2.05, 4.69) is 22.7 Å². The minimum atomic E-state index is -0.654. The second-order valence-electron chi connectivity index (χ2n) is 7.11. The van der Waals surface area contributed by atoms with Crippen molar-refractivity contribution in [2.75, 3.05) is 39.8 Å². The van der Waals surface area contributed by atoms with Gasteiger partial charge in [-0.05, 0) is 26.3 Å². The van der Waals surface area contributed by atoms with E-state index in [1.807, 2.05) is 5.01 Å². The van der Waals surface area contributed by atoms with Gasteiger partial charge in [0.1, 0.15) is 5.54 Å². The molecule has 0 unspecified atom stereocenters. The molecule has 0 bridgehead atoms. The van der Waals surface area contributed by atoms with E-state index in [0.29, 0.717) is 19.4 Å². The molecule has 1 saturated carbocycles. The van der Waals surface area contributed by atoms with Gasteiger partial charge in [-0.1, -0.05) is 12.8 Å². The number of carbonyl (C=O) groups is 3. The van der Waals surface area contributed by atoms with Crippen LogP contribution in [0.3, 0.4) is 0 Å². The molecular formula is C16H27N5O3. The lowest BCUT2D eigenvalue weighted by atomic mass is 9.98. The molecule has 134 valence electrons. The van der Waals surface area contributed by atoms with Crippen LogP contribution in [0.1, 0.15) is 38.5 Å². The maximum Gasteiger partial charge on any atom is 0.325 e. The van der Waals surface area contributed by atoms with Crippen LogP contribution in [-0.2, 0) is 9.59 Å². The predicted octanol–water partition coefficient (Wildman–Crippen LogP) is -0.0902. The summed E-state index contributed by atoms with van der Waals surface area (Å²) < 4.78 is 0. The summed E-state index contributed by atoms with van der Waals surface area (Å²) in [5, 5.41) is 4.80. The number of amides is 4. The van der Waals surface area contributed by atoms with Crippen molar-refractivity contribution >= 4 is 17.8 Å². The number of nitrogens with one attached hydrogen (secondary N) is 2. The van der Waals surface area contributed by atoms with Gasteiger partial charge in [0.05, 0.1) is 0 Å². The zero-order valence-corrected chi connectivity index (χ0v) is 14.3. The van der Waals surface area contributed by atoms with Gasteiger partial charge in [0.25, 0.3) is 5.91 Å². The van der Waals surface area contributed by atoms with Crippen LogP contribution in [0.25, 0.3) is 0 Å². The highest BCUT2D eigenvalue weighted by molar-refractivity contribution is 6.07. The van der Waals surface area contributed by atoms with Gasteiger partial charge in [-0.2, -0.15) is 0 Å². The molecule has 2 N–H and O–H groups in total. The van der Waals surface area contributed by atoms with Gasteiger partial charge in [0.2, 0.25) is 5.91 Å². The Hall–Kier alpha value is -1.67. The smallest absolute Gasteiger partial charge is 0.323 e. The summed E-state index contributed by atoms with van der Waals surface area (Å²) in [6.07, 6.45) is 4.24. The summed E-state index contributed by atoms with van der Waals surface area (Å²) in [6, 6.07) is -0.304. The van der Waals surface area contributed by atoms with E-state index in [0.717, 1.165) is 51.9 Å². The number of rotatable bonds is 5. The number of hydrogen-bond acceptors (Lipinski definition) is 5. The Morgan fingerprint density at radius 1 is 1.17 bits per heavy atom. The Kier molecular flexibility index (Phi) is 5.05. The van der Waals surface area contributed by atoms with Crippen molar-refractivity contribution in [1.29, 1.82) is 0 Å². The van der Waals surface area contributed by atoms with Gasteiger partial charge in [0, 0.05) is 39.1 Å². The number of hydrogen-bond donors (Lipinski definition) is 2. The Morgan fingerprint density at radius 3 is 2.50 bits per heavy atom. The number of imide groups is 1. The predicted molar refractivity (Wildman–Crippen MR) is 87.9 cm³/mol. The van der Waals surface area contributed by atoms with Gasteiger partial charge >= 0.3 is 6.03 Å². The minimum Gasteiger partial charge on any atom is -0.323 e. The van der Waals surface area contributed by atoms with Crippen molar-refractivity contribution < 1.29 is 14.4 Å². The fourth-order valence-electron chi connectivity index (χ4n) is 3.74. The van der Waals surface area contributed by atoms with Crippen LogP contribution < -0.4 is 10.7 Å². The molecule has 0 atom stereocenters. The average molecular weight is 337 g/mol. The molecule has 0 aromatic heterocycles. The third kappa shape index (κ3) is 3.54. The fraction of sp³-hybridized carbons (Fsp3) is 0.812. The standard InChI is InChI=1S/C16H27N5O3/c1-19-9-11-20(12-10-19)18-13(22)5-4-8-21-14(23)16(17-15(21)24)6-2-3-7-16/h2-12H2,1H3,(H,17,24)(H,18,22). The van der Waals surface area contributed by atoms with Gasteiger partial charge in [-0.3, -0.25) is 19.9 Å².